The first-order valence-electron chi connectivity index (χ1n) is 5.97. The van der Waals surface area contributed by atoms with Crippen LogP contribution in [-0.2, 0) is 11.0 Å². The van der Waals surface area contributed by atoms with E-state index in [1.165, 1.54) is 19.2 Å². The van der Waals surface area contributed by atoms with Gasteiger partial charge in [0.25, 0.3) is 0 Å². The van der Waals surface area contributed by atoms with Gasteiger partial charge in [-0.25, -0.2) is 0 Å². The lowest BCUT2D eigenvalue weighted by molar-refractivity contribution is -0.138. The van der Waals surface area contributed by atoms with E-state index in [2.05, 4.69) is 5.32 Å². The largest absolute Gasteiger partial charge is 0.497 e. The molecule has 0 fully saturated rings. The molecule has 0 saturated carbocycles. The number of nitrogens with one attached hydrogen (secondary N) is 1. The SMILES string of the molecule is COc1ccc(NC(C)CCC(=O)O)c(C(F)(F)F)c1. The number of hydrogen-bond acceptors (Lipinski definition) is 3. The first-order valence-corrected chi connectivity index (χ1v) is 5.97. The van der Waals surface area contributed by atoms with Crippen LogP contribution in [0, 0.1) is 0 Å². The molecule has 0 radical (unpaired) electrons. The van der Waals surface area contributed by atoms with Crippen molar-refractivity contribution in [1.82, 2.24) is 0 Å². The Morgan fingerprint density at radius 2 is 2.10 bits per heavy atom. The van der Waals surface area contributed by atoms with Crippen molar-refractivity contribution in [3.63, 3.8) is 0 Å². The zero-order chi connectivity index (χ0) is 15.3. The van der Waals surface area contributed by atoms with E-state index in [9.17, 15) is 18.0 Å². The Morgan fingerprint density at radius 1 is 1.45 bits per heavy atom. The third-order valence-electron chi connectivity index (χ3n) is 2.73. The van der Waals surface area contributed by atoms with Crippen molar-refractivity contribution < 1.29 is 27.8 Å². The summed E-state index contributed by atoms with van der Waals surface area (Å²) in [5, 5.41) is 11.2. The van der Waals surface area contributed by atoms with Gasteiger partial charge in [-0.2, -0.15) is 13.2 Å². The van der Waals surface area contributed by atoms with Gasteiger partial charge < -0.3 is 15.2 Å². The van der Waals surface area contributed by atoms with Gasteiger partial charge in [0.05, 0.1) is 12.7 Å². The fraction of sp³-hybridized carbons (Fsp3) is 0.462. The number of rotatable bonds is 6. The number of carboxylic acid groups (broad SMARTS) is 1. The topological polar surface area (TPSA) is 58.6 Å². The van der Waals surface area contributed by atoms with Crippen molar-refractivity contribution in [1.29, 1.82) is 0 Å². The molecule has 0 aromatic heterocycles. The van der Waals surface area contributed by atoms with Crippen LogP contribution in [-0.4, -0.2) is 24.2 Å². The van der Waals surface area contributed by atoms with Gasteiger partial charge in [-0.1, -0.05) is 0 Å². The van der Waals surface area contributed by atoms with E-state index in [4.69, 9.17) is 9.84 Å². The van der Waals surface area contributed by atoms with Crippen LogP contribution in [0.2, 0.25) is 0 Å². The van der Waals surface area contributed by atoms with Crippen molar-refractivity contribution in [2.24, 2.45) is 0 Å². The summed E-state index contributed by atoms with van der Waals surface area (Å²) >= 11 is 0. The predicted molar refractivity (Wildman–Crippen MR) is 68.0 cm³/mol. The third kappa shape index (κ3) is 4.64. The number of ether oxygens (including phenoxy) is 1. The maximum absolute atomic E-state index is 12.9. The third-order valence-corrected chi connectivity index (χ3v) is 2.73. The Labute approximate surface area is 114 Å². The standard InChI is InChI=1S/C13H16F3NO3/c1-8(3-6-12(18)19)17-11-5-4-9(20-2)7-10(11)13(14,15)16/h4-5,7-8,17H,3,6H2,1-2H3,(H,18,19). The summed E-state index contributed by atoms with van der Waals surface area (Å²) in [7, 11) is 1.29. The Bertz CT molecular complexity index is 474. The highest BCUT2D eigenvalue weighted by atomic mass is 19.4. The van der Waals surface area contributed by atoms with E-state index in [0.29, 0.717) is 0 Å². The monoisotopic (exact) mass is 291 g/mol. The molecular weight excluding hydrogens is 275 g/mol. The van der Waals surface area contributed by atoms with E-state index < -0.39 is 17.7 Å². The predicted octanol–water partition coefficient (Wildman–Crippen LogP) is 3.38. The number of carbonyl (C=O) groups is 1. The Balaban J connectivity index is 2.91. The molecule has 4 nitrogen and oxygen atoms in total. The quantitative estimate of drug-likeness (QED) is 0.843. The summed E-state index contributed by atoms with van der Waals surface area (Å²) in [6.07, 6.45) is -4.38. The van der Waals surface area contributed by atoms with Crippen LogP contribution >= 0.6 is 0 Å². The highest BCUT2D eigenvalue weighted by molar-refractivity contribution is 5.66. The summed E-state index contributed by atoms with van der Waals surface area (Å²) in [4.78, 5) is 10.4. The van der Waals surface area contributed by atoms with Crippen LogP contribution < -0.4 is 10.1 Å². The molecule has 1 atom stereocenters. The molecule has 0 spiro atoms. The molecule has 20 heavy (non-hydrogen) atoms. The Hall–Kier alpha value is -1.92. The second kappa shape index (κ2) is 6.49. The highest BCUT2D eigenvalue weighted by Crippen LogP contribution is 2.37. The molecule has 7 heteroatoms. The number of methoxy groups -OCH3 is 1. The smallest absolute Gasteiger partial charge is 0.418 e. The lowest BCUT2D eigenvalue weighted by atomic mass is 10.1. The molecule has 0 saturated heterocycles. The molecule has 1 aromatic carbocycles. The summed E-state index contributed by atoms with van der Waals surface area (Å²) < 4.78 is 43.6. The zero-order valence-electron chi connectivity index (χ0n) is 11.1. The molecule has 0 aliphatic carbocycles. The molecule has 1 aromatic rings. The zero-order valence-corrected chi connectivity index (χ0v) is 11.1. The molecule has 1 rings (SSSR count). The molecule has 112 valence electrons. The molecule has 1 unspecified atom stereocenters. The molecule has 0 aliphatic heterocycles. The van der Waals surface area contributed by atoms with E-state index in [0.717, 1.165) is 6.07 Å². The number of aliphatic carboxylic acids is 1. The maximum Gasteiger partial charge on any atom is 0.418 e. The first kappa shape index (κ1) is 16.1. The summed E-state index contributed by atoms with van der Waals surface area (Å²) in [5.74, 6) is -0.870. The number of halogens is 3. The molecule has 2 N–H and O–H groups in total. The van der Waals surface area contributed by atoms with Crippen molar-refractivity contribution in [2.45, 2.75) is 32.0 Å². The van der Waals surface area contributed by atoms with E-state index in [1.807, 2.05) is 0 Å². The van der Waals surface area contributed by atoms with E-state index >= 15 is 0 Å². The number of anilines is 1. The van der Waals surface area contributed by atoms with Gasteiger partial charge in [0.15, 0.2) is 0 Å². The van der Waals surface area contributed by atoms with Gasteiger partial charge in [-0.05, 0) is 31.5 Å². The van der Waals surface area contributed by atoms with Crippen LogP contribution in [0.15, 0.2) is 18.2 Å². The minimum Gasteiger partial charge on any atom is -0.497 e. The molecular formula is C13H16F3NO3. The minimum atomic E-state index is -4.51. The minimum absolute atomic E-state index is 0.0869. The van der Waals surface area contributed by atoms with Gasteiger partial charge in [0.1, 0.15) is 5.75 Å². The van der Waals surface area contributed by atoms with E-state index in [1.54, 1.807) is 6.92 Å². The second-order valence-electron chi connectivity index (χ2n) is 4.39. The van der Waals surface area contributed by atoms with Gasteiger partial charge >= 0.3 is 12.1 Å². The van der Waals surface area contributed by atoms with Crippen LogP contribution in [0.4, 0.5) is 18.9 Å². The maximum atomic E-state index is 12.9. The number of alkyl halides is 3. The number of carboxylic acids is 1. The van der Waals surface area contributed by atoms with E-state index in [-0.39, 0.29) is 30.3 Å². The fourth-order valence-electron chi connectivity index (χ4n) is 1.69. The number of hydrogen-bond donors (Lipinski definition) is 2. The highest BCUT2D eigenvalue weighted by Gasteiger charge is 2.34. The van der Waals surface area contributed by atoms with Gasteiger partial charge in [-0.3, -0.25) is 4.79 Å². The van der Waals surface area contributed by atoms with Gasteiger partial charge in [0.2, 0.25) is 0 Å². The number of benzene rings is 1. The van der Waals surface area contributed by atoms with Crippen LogP contribution in [0.5, 0.6) is 5.75 Å². The Morgan fingerprint density at radius 3 is 2.60 bits per heavy atom. The fourth-order valence-corrected chi connectivity index (χ4v) is 1.69. The molecule has 0 aliphatic rings. The summed E-state index contributed by atoms with van der Waals surface area (Å²) in [5.41, 5.74) is -0.921. The molecule has 0 bridgehead atoms. The van der Waals surface area contributed by atoms with Crippen LogP contribution in [0.1, 0.15) is 25.3 Å². The summed E-state index contributed by atoms with van der Waals surface area (Å²) in [6.45, 7) is 1.63. The molecule has 0 heterocycles. The van der Waals surface area contributed by atoms with Crippen molar-refractivity contribution in [3.8, 4) is 5.75 Å². The summed E-state index contributed by atoms with van der Waals surface area (Å²) in [6, 6.07) is 3.22. The molecule has 0 amide bonds. The first-order chi connectivity index (χ1) is 9.24. The average molecular weight is 291 g/mol. The van der Waals surface area contributed by atoms with Crippen LogP contribution in [0.3, 0.4) is 0 Å². The average Bonchev–Trinajstić information content (AvgIpc) is 2.35. The van der Waals surface area contributed by atoms with Crippen molar-refractivity contribution >= 4 is 11.7 Å². The van der Waals surface area contributed by atoms with Crippen molar-refractivity contribution in [3.05, 3.63) is 23.8 Å². The normalized spacial score (nSPS) is 12.8. The van der Waals surface area contributed by atoms with Crippen LogP contribution in [0.25, 0.3) is 0 Å². The van der Waals surface area contributed by atoms with Gasteiger partial charge in [0, 0.05) is 18.2 Å². The second-order valence-corrected chi connectivity index (χ2v) is 4.39. The van der Waals surface area contributed by atoms with Gasteiger partial charge in [-0.15, -0.1) is 0 Å². The lowest BCUT2D eigenvalue weighted by Gasteiger charge is -2.19. The lowest BCUT2D eigenvalue weighted by Crippen LogP contribution is -2.19. The Kier molecular flexibility index (Phi) is 5.24. The van der Waals surface area contributed by atoms with Crippen molar-refractivity contribution in [2.75, 3.05) is 12.4 Å².